The van der Waals surface area contributed by atoms with Crippen LogP contribution in [0, 0.1) is 0 Å². The van der Waals surface area contributed by atoms with Crippen molar-refractivity contribution in [3.8, 4) is 0 Å². The Bertz CT molecular complexity index is 314. The zero-order chi connectivity index (χ0) is 16.1. The summed E-state index contributed by atoms with van der Waals surface area (Å²) in [7, 11) is 0. The van der Waals surface area contributed by atoms with Crippen LogP contribution in [0.5, 0.6) is 0 Å². The summed E-state index contributed by atoms with van der Waals surface area (Å²) in [6.45, 7) is 7.02. The summed E-state index contributed by atoms with van der Waals surface area (Å²) in [5.41, 5.74) is 0. The lowest BCUT2D eigenvalue weighted by Gasteiger charge is -2.16. The highest BCUT2D eigenvalue weighted by atomic mass is 32.2. The van der Waals surface area contributed by atoms with Crippen molar-refractivity contribution < 1.29 is 9.59 Å². The smallest absolute Gasteiger partial charge is 0.211 e. The Morgan fingerprint density at radius 3 is 1.52 bits per heavy atom. The molecular formula is C14H22O2S5. The van der Waals surface area contributed by atoms with Crippen molar-refractivity contribution in [2.45, 2.75) is 10.5 Å². The van der Waals surface area contributed by atoms with Gasteiger partial charge < -0.3 is 0 Å². The molecule has 0 fully saturated rings. The molecule has 2 atom stereocenters. The van der Waals surface area contributed by atoms with E-state index in [0.717, 1.165) is 23.0 Å². The maximum atomic E-state index is 11.4. The molecule has 7 heteroatoms. The molecule has 0 saturated heterocycles. The average Bonchev–Trinajstić information content (AvgIpc) is 2.47. The lowest BCUT2D eigenvalue weighted by Crippen LogP contribution is -2.17. The highest BCUT2D eigenvalue weighted by molar-refractivity contribution is 8.17. The molecule has 0 amide bonds. The molecule has 0 N–H and O–H groups in total. The molecule has 2 unspecified atom stereocenters. The second kappa shape index (κ2) is 14.2. The molecular weight excluding hydrogens is 360 g/mol. The van der Waals surface area contributed by atoms with Gasteiger partial charge in [0, 0.05) is 33.5 Å². The third-order valence-electron chi connectivity index (χ3n) is 2.21. The number of carbonyl (C=O) groups excluding carboxylic acids is 2. The highest BCUT2D eigenvalue weighted by Crippen LogP contribution is 2.25. The molecule has 0 aliphatic rings. The van der Waals surface area contributed by atoms with Gasteiger partial charge in [-0.3, -0.25) is 9.59 Å². The zero-order valence-electron chi connectivity index (χ0n) is 12.4. The van der Waals surface area contributed by atoms with Crippen LogP contribution in [-0.4, -0.2) is 56.3 Å². The SMILES string of the molecule is C=CC(=O)SC(CSC)CSCC(CSC)SC(=O)C=C. The van der Waals surface area contributed by atoms with E-state index < -0.39 is 0 Å². The van der Waals surface area contributed by atoms with Crippen LogP contribution in [0.3, 0.4) is 0 Å². The van der Waals surface area contributed by atoms with E-state index in [1.165, 1.54) is 35.7 Å². The summed E-state index contributed by atoms with van der Waals surface area (Å²) >= 11 is 8.03. The topological polar surface area (TPSA) is 34.1 Å². The van der Waals surface area contributed by atoms with Crippen molar-refractivity contribution >= 4 is 69.0 Å². The average molecular weight is 383 g/mol. The lowest BCUT2D eigenvalue weighted by molar-refractivity contribution is -0.107. The largest absolute Gasteiger partial charge is 0.282 e. The maximum Gasteiger partial charge on any atom is 0.211 e. The molecule has 2 nitrogen and oxygen atoms in total. The Balaban J connectivity index is 4.22. The van der Waals surface area contributed by atoms with Crippen molar-refractivity contribution in [3.05, 3.63) is 25.3 Å². The van der Waals surface area contributed by atoms with E-state index in [0.29, 0.717) is 10.5 Å². The summed E-state index contributed by atoms with van der Waals surface area (Å²) in [4.78, 5) is 22.9. The molecule has 0 aromatic rings. The fourth-order valence-electron chi connectivity index (χ4n) is 1.36. The Labute approximate surface area is 149 Å². The van der Waals surface area contributed by atoms with E-state index in [9.17, 15) is 9.59 Å². The highest BCUT2D eigenvalue weighted by Gasteiger charge is 2.16. The molecule has 0 aromatic heterocycles. The minimum atomic E-state index is 0.0338. The lowest BCUT2D eigenvalue weighted by atomic mass is 10.5. The predicted molar refractivity (Wildman–Crippen MR) is 107 cm³/mol. The second-order valence-electron chi connectivity index (χ2n) is 3.97. The second-order valence-corrected chi connectivity index (χ2v) is 9.48. The summed E-state index contributed by atoms with van der Waals surface area (Å²) in [6, 6.07) is 0. The summed E-state index contributed by atoms with van der Waals surface area (Å²) in [6.07, 6.45) is 6.84. The molecule has 0 radical (unpaired) electrons. The molecule has 0 bridgehead atoms. The van der Waals surface area contributed by atoms with Crippen LogP contribution in [0.2, 0.25) is 0 Å². The molecule has 0 aromatic carbocycles. The van der Waals surface area contributed by atoms with E-state index in [-0.39, 0.29) is 10.2 Å². The van der Waals surface area contributed by atoms with Crippen LogP contribution in [0.4, 0.5) is 0 Å². The van der Waals surface area contributed by atoms with Crippen molar-refractivity contribution in [1.82, 2.24) is 0 Å². The number of hydrogen-bond acceptors (Lipinski definition) is 7. The van der Waals surface area contributed by atoms with Crippen molar-refractivity contribution in [2.24, 2.45) is 0 Å². The Kier molecular flexibility index (Phi) is 14.6. The zero-order valence-corrected chi connectivity index (χ0v) is 16.5. The van der Waals surface area contributed by atoms with Crippen LogP contribution < -0.4 is 0 Å². The molecule has 120 valence electrons. The van der Waals surface area contributed by atoms with Crippen LogP contribution in [0.15, 0.2) is 25.3 Å². The molecule has 21 heavy (non-hydrogen) atoms. The van der Waals surface area contributed by atoms with Crippen LogP contribution in [0.25, 0.3) is 0 Å². The van der Waals surface area contributed by atoms with Gasteiger partial charge >= 0.3 is 0 Å². The predicted octanol–water partition coefficient (Wildman–Crippen LogP) is 4.07. The van der Waals surface area contributed by atoms with Crippen molar-refractivity contribution in [3.63, 3.8) is 0 Å². The number of hydrogen-bond donors (Lipinski definition) is 0. The summed E-state index contributed by atoms with van der Waals surface area (Å²) < 4.78 is 0. The fraction of sp³-hybridized carbons (Fsp3) is 0.571. The van der Waals surface area contributed by atoms with Crippen LogP contribution in [-0.2, 0) is 9.59 Å². The minimum Gasteiger partial charge on any atom is -0.282 e. The quantitative estimate of drug-likeness (QED) is 0.471. The Morgan fingerprint density at radius 2 is 1.24 bits per heavy atom. The molecule has 0 rings (SSSR count). The van der Waals surface area contributed by atoms with Crippen molar-refractivity contribution in [1.29, 1.82) is 0 Å². The molecule has 0 saturated carbocycles. The first kappa shape index (κ1) is 21.6. The van der Waals surface area contributed by atoms with E-state index in [1.54, 1.807) is 23.5 Å². The van der Waals surface area contributed by atoms with Gasteiger partial charge in [0.05, 0.1) is 0 Å². The van der Waals surface area contributed by atoms with Crippen molar-refractivity contribution in [2.75, 3.05) is 35.5 Å². The van der Waals surface area contributed by atoms with Gasteiger partial charge in [-0.25, -0.2) is 0 Å². The number of carbonyl (C=O) groups is 2. The van der Waals surface area contributed by atoms with Gasteiger partial charge in [-0.2, -0.15) is 35.3 Å². The Hall–Kier alpha value is 0.570. The fourth-order valence-corrected chi connectivity index (χ4v) is 6.87. The van der Waals surface area contributed by atoms with Gasteiger partial charge in [0.15, 0.2) is 0 Å². The number of thioether (sulfide) groups is 5. The van der Waals surface area contributed by atoms with Crippen LogP contribution >= 0.6 is 58.8 Å². The van der Waals surface area contributed by atoms with Gasteiger partial charge in [0.25, 0.3) is 0 Å². The third-order valence-corrected chi connectivity index (χ3v) is 7.93. The van der Waals surface area contributed by atoms with Crippen LogP contribution in [0.1, 0.15) is 0 Å². The van der Waals surface area contributed by atoms with Gasteiger partial charge in [-0.05, 0) is 24.7 Å². The van der Waals surface area contributed by atoms with E-state index >= 15 is 0 Å². The molecule has 0 aliphatic heterocycles. The molecule has 0 aliphatic carbocycles. The van der Waals surface area contributed by atoms with Gasteiger partial charge in [-0.1, -0.05) is 36.7 Å². The standard InChI is InChI=1S/C14H22O2S5/c1-5-13(15)20-11(7-17-3)9-19-10-12(8-18-4)21-14(16)6-2/h5-6,11-12H,1-2,7-10H2,3-4H3. The Morgan fingerprint density at radius 1 is 0.857 bits per heavy atom. The summed E-state index contributed by atoms with van der Waals surface area (Å²) in [5.74, 6) is 3.73. The first-order valence-corrected chi connectivity index (χ1v) is 12.0. The summed E-state index contributed by atoms with van der Waals surface area (Å²) in [5, 5.41) is 0.661. The molecule has 0 heterocycles. The monoisotopic (exact) mass is 382 g/mol. The van der Waals surface area contributed by atoms with Gasteiger partial charge in [0.1, 0.15) is 0 Å². The first-order valence-electron chi connectivity index (χ1n) is 6.29. The van der Waals surface area contributed by atoms with E-state index in [4.69, 9.17) is 0 Å². The van der Waals surface area contributed by atoms with Gasteiger partial charge in [0.2, 0.25) is 10.2 Å². The van der Waals surface area contributed by atoms with E-state index in [1.807, 2.05) is 24.3 Å². The third kappa shape index (κ3) is 11.8. The van der Waals surface area contributed by atoms with E-state index in [2.05, 4.69) is 13.2 Å². The molecule has 0 spiro atoms. The minimum absolute atomic E-state index is 0.0338. The maximum absolute atomic E-state index is 11.4. The first-order chi connectivity index (χ1) is 10.1. The number of rotatable bonds is 12. The van der Waals surface area contributed by atoms with Gasteiger partial charge in [-0.15, -0.1) is 0 Å². The normalized spacial score (nSPS) is 13.4.